The fourth-order valence-corrected chi connectivity index (χ4v) is 3.57. The summed E-state index contributed by atoms with van der Waals surface area (Å²) in [5.41, 5.74) is 0.711. The molecule has 92 valence electrons. The van der Waals surface area contributed by atoms with Crippen LogP contribution in [0.1, 0.15) is 41.5 Å². The minimum Gasteiger partial charge on any atom is -0.362 e. The fraction of sp³-hybridized carbons (Fsp3) is 0.923. The van der Waals surface area contributed by atoms with Crippen LogP contribution in [-0.4, -0.2) is 23.0 Å². The van der Waals surface area contributed by atoms with Gasteiger partial charge >= 0.3 is 0 Å². The maximum atomic E-state index is 4.91. The molecule has 1 heterocycles. The first-order valence-electron chi connectivity index (χ1n) is 6.24. The third-order valence-corrected chi connectivity index (χ3v) is 6.07. The lowest BCUT2D eigenvalue weighted by Gasteiger charge is -2.28. The van der Waals surface area contributed by atoms with E-state index in [-0.39, 0.29) is 0 Å². The van der Waals surface area contributed by atoms with Crippen LogP contribution in [0.3, 0.4) is 0 Å². The van der Waals surface area contributed by atoms with Gasteiger partial charge in [-0.2, -0.15) is 0 Å². The Labute approximate surface area is 104 Å². The van der Waals surface area contributed by atoms with Gasteiger partial charge in [0.2, 0.25) is 0 Å². The van der Waals surface area contributed by atoms with Crippen molar-refractivity contribution in [3.63, 3.8) is 0 Å². The number of hydrogen-bond acceptors (Lipinski definition) is 2. The maximum absolute atomic E-state index is 4.91. The van der Waals surface area contributed by atoms with Crippen LogP contribution in [0.4, 0.5) is 0 Å². The molecule has 0 aromatic carbocycles. The molecule has 1 aliphatic carbocycles. The number of nitrogens with zero attached hydrogens (tertiary/aromatic N) is 1. The molecule has 2 nitrogen and oxygen atoms in total. The summed E-state index contributed by atoms with van der Waals surface area (Å²) >= 11 is 1.88. The van der Waals surface area contributed by atoms with E-state index < -0.39 is 0 Å². The molecule has 16 heavy (non-hydrogen) atoms. The molecule has 2 atom stereocenters. The Morgan fingerprint density at radius 1 is 1.19 bits per heavy atom. The molecule has 0 radical (unpaired) electrons. The lowest BCUT2D eigenvalue weighted by Crippen LogP contribution is -2.41. The number of nitrogens with one attached hydrogen (secondary N) is 1. The quantitative estimate of drug-likeness (QED) is 0.761. The molecule has 0 aromatic rings. The zero-order valence-electron chi connectivity index (χ0n) is 11.3. The summed E-state index contributed by atoms with van der Waals surface area (Å²) in [4.78, 5) is 4.91. The Hall–Kier alpha value is -0.180. The van der Waals surface area contributed by atoms with Gasteiger partial charge in [-0.05, 0) is 23.7 Å². The highest BCUT2D eigenvalue weighted by molar-refractivity contribution is 8.13. The van der Waals surface area contributed by atoms with E-state index in [4.69, 9.17) is 4.99 Å². The van der Waals surface area contributed by atoms with Crippen LogP contribution in [0.2, 0.25) is 0 Å². The molecule has 2 aliphatic rings. The molecule has 0 aromatic heterocycles. The number of rotatable bonds is 1. The monoisotopic (exact) mass is 240 g/mol. The Kier molecular flexibility index (Phi) is 2.81. The van der Waals surface area contributed by atoms with E-state index in [1.807, 2.05) is 11.8 Å². The van der Waals surface area contributed by atoms with E-state index in [9.17, 15) is 0 Å². The molecule has 1 aliphatic heterocycles. The Balaban J connectivity index is 2.05. The first kappa shape index (κ1) is 12.3. The van der Waals surface area contributed by atoms with Crippen LogP contribution in [0.5, 0.6) is 0 Å². The van der Waals surface area contributed by atoms with E-state index in [0.717, 1.165) is 11.1 Å². The van der Waals surface area contributed by atoms with Gasteiger partial charge in [-0.25, -0.2) is 0 Å². The van der Waals surface area contributed by atoms with Gasteiger partial charge in [-0.1, -0.05) is 46.4 Å². The largest absolute Gasteiger partial charge is 0.362 e. The summed E-state index contributed by atoms with van der Waals surface area (Å²) in [7, 11) is 0. The van der Waals surface area contributed by atoms with E-state index in [0.29, 0.717) is 22.9 Å². The fourth-order valence-electron chi connectivity index (χ4n) is 2.41. The first-order chi connectivity index (χ1) is 7.26. The van der Waals surface area contributed by atoms with Gasteiger partial charge in [0.15, 0.2) is 5.17 Å². The summed E-state index contributed by atoms with van der Waals surface area (Å²) in [6.07, 6.45) is 0. The van der Waals surface area contributed by atoms with Crippen LogP contribution in [0, 0.1) is 16.7 Å². The predicted octanol–water partition coefficient (Wildman–Crippen LogP) is 3.14. The Bertz CT molecular complexity index is 306. The molecular formula is C13H24N2S. The van der Waals surface area contributed by atoms with Crippen LogP contribution in [-0.2, 0) is 0 Å². The third-order valence-electron chi connectivity index (χ3n) is 4.88. The first-order valence-corrected chi connectivity index (χ1v) is 7.22. The van der Waals surface area contributed by atoms with Crippen molar-refractivity contribution in [1.29, 1.82) is 0 Å². The van der Waals surface area contributed by atoms with Gasteiger partial charge in [0.25, 0.3) is 0 Å². The molecule has 3 heteroatoms. The van der Waals surface area contributed by atoms with Crippen molar-refractivity contribution < 1.29 is 0 Å². The molecule has 1 N–H and O–H groups in total. The summed E-state index contributed by atoms with van der Waals surface area (Å²) in [6.45, 7) is 13.8. The molecule has 1 saturated heterocycles. The zero-order valence-corrected chi connectivity index (χ0v) is 12.1. The maximum Gasteiger partial charge on any atom is 0.157 e. The zero-order chi connectivity index (χ0) is 12.1. The number of hydrogen-bond donors (Lipinski definition) is 1. The molecule has 0 spiro atoms. The average molecular weight is 240 g/mol. The second-order valence-corrected chi connectivity index (χ2v) is 7.51. The van der Waals surface area contributed by atoms with Gasteiger partial charge in [0.05, 0.1) is 6.04 Å². The molecule has 2 unspecified atom stereocenters. The standard InChI is InChI=1S/C13H24N2S/c1-8-7-16-11(14-9(8)2)15-10-12(3,4)13(10,5)6/h8-10H,7H2,1-6H3,(H,14,15). The van der Waals surface area contributed by atoms with Gasteiger partial charge in [-0.15, -0.1) is 0 Å². The van der Waals surface area contributed by atoms with Crippen LogP contribution in [0.25, 0.3) is 0 Å². The van der Waals surface area contributed by atoms with Gasteiger partial charge in [-0.3, -0.25) is 4.99 Å². The van der Waals surface area contributed by atoms with Gasteiger partial charge < -0.3 is 5.32 Å². The lowest BCUT2D eigenvalue weighted by atomic mass is 10.0. The Morgan fingerprint density at radius 3 is 2.19 bits per heavy atom. The van der Waals surface area contributed by atoms with Crippen molar-refractivity contribution in [2.24, 2.45) is 21.7 Å². The van der Waals surface area contributed by atoms with Gasteiger partial charge in [0.1, 0.15) is 0 Å². The van der Waals surface area contributed by atoms with Gasteiger partial charge in [0, 0.05) is 11.8 Å². The third kappa shape index (κ3) is 1.77. The second kappa shape index (κ2) is 3.66. The highest BCUT2D eigenvalue weighted by Gasteiger charge is 2.65. The number of amidine groups is 1. The van der Waals surface area contributed by atoms with E-state index in [1.54, 1.807) is 0 Å². The summed E-state index contributed by atoms with van der Waals surface area (Å²) in [5.74, 6) is 1.93. The average Bonchev–Trinajstić information content (AvgIpc) is 2.54. The highest BCUT2D eigenvalue weighted by atomic mass is 32.2. The molecule has 0 amide bonds. The second-order valence-electron chi connectivity index (χ2n) is 6.50. The molecule has 2 fully saturated rings. The predicted molar refractivity (Wildman–Crippen MR) is 73.0 cm³/mol. The smallest absolute Gasteiger partial charge is 0.157 e. The SMILES string of the molecule is CC1CSC(=NC2C(C)(C)C2(C)C)NC1C. The molecule has 1 saturated carbocycles. The highest BCUT2D eigenvalue weighted by Crippen LogP contribution is 2.64. The van der Waals surface area contributed by atoms with Crippen molar-refractivity contribution in [2.75, 3.05) is 5.75 Å². The topological polar surface area (TPSA) is 24.4 Å². The van der Waals surface area contributed by atoms with Crippen LogP contribution >= 0.6 is 11.8 Å². The van der Waals surface area contributed by atoms with E-state index >= 15 is 0 Å². The normalized spacial score (nSPS) is 39.5. The Morgan fingerprint density at radius 2 is 1.75 bits per heavy atom. The number of thioether (sulfide) groups is 1. The van der Waals surface area contributed by atoms with E-state index in [1.165, 1.54) is 5.75 Å². The van der Waals surface area contributed by atoms with Crippen molar-refractivity contribution in [1.82, 2.24) is 5.32 Å². The van der Waals surface area contributed by atoms with Crippen molar-refractivity contribution >= 4 is 16.9 Å². The lowest BCUT2D eigenvalue weighted by molar-refractivity contribution is 0.457. The van der Waals surface area contributed by atoms with E-state index in [2.05, 4.69) is 46.9 Å². The number of aliphatic imine (C=N–C) groups is 1. The van der Waals surface area contributed by atoms with Crippen molar-refractivity contribution in [3.05, 3.63) is 0 Å². The molecular weight excluding hydrogens is 216 g/mol. The minimum atomic E-state index is 0.356. The van der Waals surface area contributed by atoms with Crippen molar-refractivity contribution in [3.8, 4) is 0 Å². The summed E-state index contributed by atoms with van der Waals surface area (Å²) < 4.78 is 0. The van der Waals surface area contributed by atoms with Crippen molar-refractivity contribution in [2.45, 2.75) is 53.6 Å². The summed E-state index contributed by atoms with van der Waals surface area (Å²) in [5, 5.41) is 4.69. The minimum absolute atomic E-state index is 0.356. The van der Waals surface area contributed by atoms with Crippen LogP contribution in [0.15, 0.2) is 4.99 Å². The molecule has 0 bridgehead atoms. The molecule has 2 rings (SSSR count). The summed E-state index contributed by atoms with van der Waals surface area (Å²) in [6, 6.07) is 1.04. The van der Waals surface area contributed by atoms with Crippen LogP contribution < -0.4 is 5.32 Å².